The number of benzene rings is 3. The standard InChI is InChI=1S/C17H14N2O8S2/c18-13-4-2-1-3-12(13)17(21)19-14-7-10(28(22,23)24)5-9-6-11(29(25,26)27)8-15(20)16(9)14/h1-8,20H,18H2,(H,19,21)(H,22,23,24)(H,25,26,27). The Morgan fingerprint density at radius 3 is 2.00 bits per heavy atom. The van der Waals surface area contributed by atoms with E-state index in [-0.39, 0.29) is 27.7 Å². The maximum absolute atomic E-state index is 12.6. The van der Waals surface area contributed by atoms with Gasteiger partial charge in [0.15, 0.2) is 0 Å². The monoisotopic (exact) mass is 438 g/mol. The predicted molar refractivity (Wildman–Crippen MR) is 104 cm³/mol. The van der Waals surface area contributed by atoms with Crippen molar-refractivity contribution in [2.45, 2.75) is 9.79 Å². The van der Waals surface area contributed by atoms with Gasteiger partial charge in [0, 0.05) is 17.1 Å². The molecule has 0 fully saturated rings. The average Bonchev–Trinajstić information content (AvgIpc) is 2.59. The molecule has 0 aromatic heterocycles. The lowest BCUT2D eigenvalue weighted by molar-refractivity contribution is 0.102. The molecule has 12 heteroatoms. The highest BCUT2D eigenvalue weighted by atomic mass is 32.2. The molecule has 1 amide bonds. The lowest BCUT2D eigenvalue weighted by Gasteiger charge is -2.14. The minimum Gasteiger partial charge on any atom is -0.507 e. The molecule has 0 aliphatic rings. The van der Waals surface area contributed by atoms with Crippen molar-refractivity contribution in [2.24, 2.45) is 0 Å². The number of carbonyl (C=O) groups excluding carboxylic acids is 1. The van der Waals surface area contributed by atoms with E-state index in [1.54, 1.807) is 12.1 Å². The molecule has 0 saturated carbocycles. The Labute approximate surface area is 165 Å². The second-order valence-electron chi connectivity index (χ2n) is 6.00. The van der Waals surface area contributed by atoms with E-state index in [9.17, 15) is 35.8 Å². The molecule has 3 rings (SSSR count). The smallest absolute Gasteiger partial charge is 0.294 e. The third kappa shape index (κ3) is 4.14. The number of nitrogen functional groups attached to an aromatic ring is 1. The van der Waals surface area contributed by atoms with E-state index in [1.165, 1.54) is 12.1 Å². The molecule has 0 heterocycles. The van der Waals surface area contributed by atoms with Crippen LogP contribution in [0.1, 0.15) is 10.4 Å². The largest absolute Gasteiger partial charge is 0.507 e. The van der Waals surface area contributed by atoms with Gasteiger partial charge in [0.1, 0.15) is 5.75 Å². The molecule has 29 heavy (non-hydrogen) atoms. The molecule has 0 bridgehead atoms. The summed E-state index contributed by atoms with van der Waals surface area (Å²) in [5.41, 5.74) is 5.71. The zero-order chi connectivity index (χ0) is 21.6. The molecule has 3 aromatic carbocycles. The second-order valence-corrected chi connectivity index (χ2v) is 8.85. The number of aromatic hydroxyl groups is 1. The van der Waals surface area contributed by atoms with Crippen molar-refractivity contribution in [3.8, 4) is 5.75 Å². The van der Waals surface area contributed by atoms with Crippen molar-refractivity contribution in [1.29, 1.82) is 0 Å². The molecule has 10 nitrogen and oxygen atoms in total. The lowest BCUT2D eigenvalue weighted by Crippen LogP contribution is -2.15. The summed E-state index contributed by atoms with van der Waals surface area (Å²) in [7, 11) is -9.48. The van der Waals surface area contributed by atoms with Gasteiger partial charge in [-0.25, -0.2) is 0 Å². The molecule has 6 N–H and O–H groups in total. The number of amides is 1. The van der Waals surface area contributed by atoms with Crippen LogP contribution in [0, 0.1) is 0 Å². The Kier molecular flexibility index (Phi) is 4.96. The van der Waals surface area contributed by atoms with Gasteiger partial charge in [-0.15, -0.1) is 0 Å². The number of para-hydroxylation sites is 1. The van der Waals surface area contributed by atoms with Crippen LogP contribution in [0.15, 0.2) is 58.3 Å². The number of phenols is 1. The third-order valence-electron chi connectivity index (χ3n) is 4.02. The number of hydrogen-bond acceptors (Lipinski definition) is 7. The van der Waals surface area contributed by atoms with Crippen LogP contribution in [0.25, 0.3) is 10.8 Å². The molecule has 0 aliphatic heterocycles. The summed E-state index contributed by atoms with van der Waals surface area (Å²) in [4.78, 5) is 11.2. The van der Waals surface area contributed by atoms with E-state index < -0.39 is 41.7 Å². The van der Waals surface area contributed by atoms with Crippen molar-refractivity contribution in [3.05, 3.63) is 54.1 Å². The zero-order valence-corrected chi connectivity index (χ0v) is 16.0. The van der Waals surface area contributed by atoms with Gasteiger partial charge in [-0.2, -0.15) is 16.8 Å². The molecule has 0 radical (unpaired) electrons. The highest BCUT2D eigenvalue weighted by Crippen LogP contribution is 2.37. The Morgan fingerprint density at radius 1 is 0.897 bits per heavy atom. The Balaban J connectivity index is 2.27. The fraction of sp³-hybridized carbons (Fsp3) is 0. The van der Waals surface area contributed by atoms with Gasteiger partial charge in [0.05, 0.1) is 21.0 Å². The van der Waals surface area contributed by atoms with Crippen molar-refractivity contribution in [1.82, 2.24) is 0 Å². The van der Waals surface area contributed by atoms with E-state index in [1.807, 2.05) is 0 Å². The van der Waals surface area contributed by atoms with E-state index in [2.05, 4.69) is 5.32 Å². The van der Waals surface area contributed by atoms with Crippen molar-refractivity contribution >= 4 is 48.3 Å². The van der Waals surface area contributed by atoms with Crippen LogP contribution in [0.2, 0.25) is 0 Å². The minimum atomic E-state index is -4.76. The maximum atomic E-state index is 12.6. The number of nitrogens with one attached hydrogen (secondary N) is 1. The Morgan fingerprint density at radius 2 is 1.45 bits per heavy atom. The van der Waals surface area contributed by atoms with Gasteiger partial charge >= 0.3 is 0 Å². The summed E-state index contributed by atoms with van der Waals surface area (Å²) < 4.78 is 64.6. The van der Waals surface area contributed by atoms with Crippen molar-refractivity contribution < 1.29 is 35.8 Å². The van der Waals surface area contributed by atoms with Gasteiger partial charge in [-0.3, -0.25) is 13.9 Å². The second kappa shape index (κ2) is 7.00. The number of rotatable bonds is 4. The Hall–Kier alpha value is -3.19. The molecule has 152 valence electrons. The van der Waals surface area contributed by atoms with E-state index in [4.69, 9.17) is 5.73 Å². The first-order valence-corrected chi connectivity index (χ1v) is 10.7. The maximum Gasteiger partial charge on any atom is 0.294 e. The van der Waals surface area contributed by atoms with E-state index >= 15 is 0 Å². The van der Waals surface area contributed by atoms with Crippen LogP contribution in [0.3, 0.4) is 0 Å². The summed E-state index contributed by atoms with van der Waals surface area (Å²) in [6, 6.07) is 9.42. The molecule has 0 unspecified atom stereocenters. The number of carbonyl (C=O) groups is 1. The molecule has 0 saturated heterocycles. The molecular formula is C17H14N2O8S2. The number of fused-ring (bicyclic) bond motifs is 1. The van der Waals surface area contributed by atoms with Crippen LogP contribution in [0.4, 0.5) is 11.4 Å². The van der Waals surface area contributed by atoms with Crippen LogP contribution in [-0.2, 0) is 20.2 Å². The number of phenolic OH excluding ortho intramolecular Hbond substituents is 1. The molecule has 0 spiro atoms. The highest BCUT2D eigenvalue weighted by molar-refractivity contribution is 7.86. The first kappa shape index (κ1) is 20.5. The third-order valence-corrected chi connectivity index (χ3v) is 5.69. The van der Waals surface area contributed by atoms with Crippen molar-refractivity contribution in [3.63, 3.8) is 0 Å². The number of hydrogen-bond donors (Lipinski definition) is 5. The summed E-state index contributed by atoms with van der Waals surface area (Å²) >= 11 is 0. The fourth-order valence-corrected chi connectivity index (χ4v) is 3.81. The summed E-state index contributed by atoms with van der Waals surface area (Å²) in [6.45, 7) is 0. The summed E-state index contributed by atoms with van der Waals surface area (Å²) in [6.07, 6.45) is 0. The summed E-state index contributed by atoms with van der Waals surface area (Å²) in [5.74, 6) is -1.40. The molecule has 0 aliphatic carbocycles. The van der Waals surface area contributed by atoms with Gasteiger partial charge in [-0.1, -0.05) is 12.1 Å². The fourth-order valence-electron chi connectivity index (χ4n) is 2.73. The quantitative estimate of drug-likeness (QED) is 0.299. The zero-order valence-electron chi connectivity index (χ0n) is 14.4. The normalized spacial score (nSPS) is 12.1. The highest BCUT2D eigenvalue weighted by Gasteiger charge is 2.21. The number of anilines is 2. The van der Waals surface area contributed by atoms with Crippen molar-refractivity contribution in [2.75, 3.05) is 11.1 Å². The van der Waals surface area contributed by atoms with E-state index in [0.717, 1.165) is 24.3 Å². The number of nitrogens with two attached hydrogens (primary N) is 1. The molecular weight excluding hydrogens is 424 g/mol. The molecule has 0 atom stereocenters. The first-order valence-electron chi connectivity index (χ1n) is 7.79. The van der Waals surface area contributed by atoms with Gasteiger partial charge in [0.2, 0.25) is 0 Å². The van der Waals surface area contributed by atoms with Gasteiger partial charge in [-0.05, 0) is 35.7 Å². The first-order chi connectivity index (χ1) is 13.4. The van der Waals surface area contributed by atoms with Gasteiger partial charge < -0.3 is 16.2 Å². The van der Waals surface area contributed by atoms with Crippen LogP contribution in [-0.4, -0.2) is 37.0 Å². The Bertz CT molecular complexity index is 1360. The summed E-state index contributed by atoms with van der Waals surface area (Å²) in [5, 5.41) is 12.4. The topological polar surface area (TPSA) is 184 Å². The van der Waals surface area contributed by atoms with E-state index in [0.29, 0.717) is 0 Å². The molecule has 3 aromatic rings. The van der Waals surface area contributed by atoms with Gasteiger partial charge in [0.25, 0.3) is 26.1 Å². The van der Waals surface area contributed by atoms with Crippen LogP contribution >= 0.6 is 0 Å². The SMILES string of the molecule is Nc1ccccc1C(=O)Nc1cc(S(=O)(=O)O)cc2cc(S(=O)(=O)O)cc(O)c12. The average molecular weight is 438 g/mol. The minimum absolute atomic E-state index is 0.0620. The van der Waals surface area contributed by atoms with Crippen LogP contribution in [0.5, 0.6) is 5.75 Å². The predicted octanol–water partition coefficient (Wildman–Crippen LogP) is 1.87. The van der Waals surface area contributed by atoms with Crippen LogP contribution < -0.4 is 11.1 Å². The lowest BCUT2D eigenvalue weighted by atomic mass is 10.1.